The van der Waals surface area contributed by atoms with Gasteiger partial charge in [-0.15, -0.1) is 0 Å². The van der Waals surface area contributed by atoms with Crippen LogP contribution in [-0.2, 0) is 16.0 Å². The highest BCUT2D eigenvalue weighted by Gasteiger charge is 2.45. The highest BCUT2D eigenvalue weighted by Crippen LogP contribution is 2.40. The molecule has 1 N–H and O–H groups in total. The molecule has 1 amide bonds. The number of likely N-dealkylation sites (tertiary alicyclic amines) is 1. The highest BCUT2D eigenvalue weighted by atomic mass is 16.5. The fourth-order valence-corrected chi connectivity index (χ4v) is 4.30. The van der Waals surface area contributed by atoms with E-state index in [-0.39, 0.29) is 11.3 Å². The number of benzene rings is 3. The van der Waals surface area contributed by atoms with Gasteiger partial charge < -0.3 is 19.5 Å². The van der Waals surface area contributed by atoms with Crippen LogP contribution >= 0.6 is 0 Å². The zero-order valence-electron chi connectivity index (χ0n) is 19.9. The average molecular weight is 472 g/mol. The lowest BCUT2D eigenvalue weighted by molar-refractivity contribution is -0.139. The molecule has 0 spiro atoms. The Labute approximate surface area is 205 Å². The zero-order chi connectivity index (χ0) is 24.8. The van der Waals surface area contributed by atoms with Crippen molar-refractivity contribution in [3.8, 4) is 11.5 Å². The fraction of sp³-hybridized carbons (Fsp3) is 0.241. The summed E-state index contributed by atoms with van der Waals surface area (Å²) in [4.78, 5) is 27.9. The predicted octanol–water partition coefficient (Wildman–Crippen LogP) is 5.15. The van der Waals surface area contributed by atoms with Crippen LogP contribution in [0.2, 0.25) is 0 Å². The van der Waals surface area contributed by atoms with Gasteiger partial charge in [0, 0.05) is 12.1 Å². The van der Waals surface area contributed by atoms with Gasteiger partial charge in [0.15, 0.2) is 0 Å². The van der Waals surface area contributed by atoms with Gasteiger partial charge in [0.2, 0.25) is 0 Å². The van der Waals surface area contributed by atoms with Crippen LogP contribution in [0.1, 0.15) is 36.6 Å². The third-order valence-electron chi connectivity index (χ3n) is 5.97. The van der Waals surface area contributed by atoms with Crippen molar-refractivity contribution in [2.75, 3.05) is 19.8 Å². The molecule has 1 saturated heterocycles. The van der Waals surface area contributed by atoms with Crippen LogP contribution in [0.15, 0.2) is 84.4 Å². The largest absolute Gasteiger partial charge is 0.507 e. The molecule has 0 saturated carbocycles. The maximum Gasteiger partial charge on any atom is 0.295 e. The normalized spacial score (nSPS) is 17.0. The van der Waals surface area contributed by atoms with Crippen LogP contribution in [-0.4, -0.2) is 41.5 Å². The van der Waals surface area contributed by atoms with Crippen LogP contribution in [0.4, 0.5) is 0 Å². The number of rotatable bonds is 9. The van der Waals surface area contributed by atoms with Crippen molar-refractivity contribution in [1.29, 1.82) is 0 Å². The maximum atomic E-state index is 13.2. The first-order valence-corrected chi connectivity index (χ1v) is 11.8. The van der Waals surface area contributed by atoms with Crippen molar-refractivity contribution in [2.45, 2.75) is 26.3 Å². The lowest BCUT2D eigenvalue weighted by atomic mass is 9.95. The van der Waals surface area contributed by atoms with Gasteiger partial charge in [-0.25, -0.2) is 0 Å². The molecule has 0 aromatic heterocycles. The van der Waals surface area contributed by atoms with Crippen molar-refractivity contribution in [2.24, 2.45) is 0 Å². The first-order chi connectivity index (χ1) is 17.0. The quantitative estimate of drug-likeness (QED) is 0.265. The monoisotopic (exact) mass is 471 g/mol. The summed E-state index contributed by atoms with van der Waals surface area (Å²) < 4.78 is 11.0. The van der Waals surface area contributed by atoms with E-state index >= 15 is 0 Å². The molecule has 0 bridgehead atoms. The summed E-state index contributed by atoms with van der Waals surface area (Å²) in [5.74, 6) is -0.150. The molecule has 0 aliphatic carbocycles. The van der Waals surface area contributed by atoms with E-state index < -0.39 is 17.7 Å². The molecule has 4 rings (SSSR count). The average Bonchev–Trinajstić information content (AvgIpc) is 3.14. The molecule has 3 aromatic rings. The molecule has 3 aromatic carbocycles. The lowest BCUT2D eigenvalue weighted by Gasteiger charge is -2.25. The van der Waals surface area contributed by atoms with Crippen molar-refractivity contribution < 1.29 is 24.2 Å². The Balaban J connectivity index is 1.74. The number of carbonyl (C=O) groups excluding carboxylic acids is 2. The van der Waals surface area contributed by atoms with Gasteiger partial charge in [-0.05, 0) is 67.8 Å². The molecule has 0 radical (unpaired) electrons. The zero-order valence-corrected chi connectivity index (χ0v) is 19.9. The van der Waals surface area contributed by atoms with Gasteiger partial charge in [-0.1, -0.05) is 42.5 Å². The van der Waals surface area contributed by atoms with Crippen LogP contribution < -0.4 is 9.47 Å². The Morgan fingerprint density at radius 3 is 1.97 bits per heavy atom. The third kappa shape index (κ3) is 5.22. The van der Waals surface area contributed by atoms with Crippen LogP contribution in [0.25, 0.3) is 5.76 Å². The number of amides is 1. The molecule has 1 aliphatic heterocycles. The summed E-state index contributed by atoms with van der Waals surface area (Å²) in [5, 5.41) is 11.2. The minimum absolute atomic E-state index is 0.0800. The summed E-state index contributed by atoms with van der Waals surface area (Å²) in [5.41, 5.74) is 2.32. The van der Waals surface area contributed by atoms with Gasteiger partial charge in [0.25, 0.3) is 11.7 Å². The SMILES string of the molecule is CCOc1ccc(C(O)=C2C(=O)C(=O)N(CCc3ccccc3)C2c2ccc(OCC)cc2)cc1. The second kappa shape index (κ2) is 10.9. The maximum absolute atomic E-state index is 13.2. The van der Waals surface area contributed by atoms with Crippen molar-refractivity contribution in [3.05, 3.63) is 101 Å². The second-order valence-corrected chi connectivity index (χ2v) is 8.19. The molecule has 180 valence electrons. The smallest absolute Gasteiger partial charge is 0.295 e. The molecule has 1 aliphatic rings. The summed E-state index contributed by atoms with van der Waals surface area (Å²) >= 11 is 0. The number of Topliss-reactive ketones (excluding diaryl/α,β-unsaturated/α-hetero) is 1. The molecule has 1 heterocycles. The fourth-order valence-electron chi connectivity index (χ4n) is 4.30. The van der Waals surface area contributed by atoms with Gasteiger partial charge in [0.05, 0.1) is 24.8 Å². The van der Waals surface area contributed by atoms with Gasteiger partial charge in [-0.3, -0.25) is 9.59 Å². The van der Waals surface area contributed by atoms with Crippen LogP contribution in [0, 0.1) is 0 Å². The van der Waals surface area contributed by atoms with E-state index in [1.54, 1.807) is 29.2 Å². The topological polar surface area (TPSA) is 76.1 Å². The van der Waals surface area contributed by atoms with Gasteiger partial charge in [-0.2, -0.15) is 0 Å². The van der Waals surface area contributed by atoms with E-state index in [1.807, 2.05) is 68.4 Å². The molecule has 1 atom stereocenters. The Morgan fingerprint density at radius 2 is 1.40 bits per heavy atom. The first-order valence-electron chi connectivity index (χ1n) is 11.8. The Hall–Kier alpha value is -4.06. The number of carbonyl (C=O) groups is 2. The summed E-state index contributed by atoms with van der Waals surface area (Å²) in [6.07, 6.45) is 0.588. The Morgan fingerprint density at radius 1 is 0.829 bits per heavy atom. The molecular weight excluding hydrogens is 442 g/mol. The molecule has 1 unspecified atom stereocenters. The van der Waals surface area contributed by atoms with Gasteiger partial charge in [0.1, 0.15) is 17.3 Å². The van der Waals surface area contributed by atoms with Crippen molar-refractivity contribution in [3.63, 3.8) is 0 Å². The number of ketones is 1. The molecule has 35 heavy (non-hydrogen) atoms. The minimum Gasteiger partial charge on any atom is -0.507 e. The van der Waals surface area contributed by atoms with E-state index in [4.69, 9.17) is 9.47 Å². The number of aliphatic hydroxyl groups excluding tert-OH is 1. The Bertz CT molecular complexity index is 1200. The molecule has 6 nitrogen and oxygen atoms in total. The third-order valence-corrected chi connectivity index (χ3v) is 5.97. The van der Waals surface area contributed by atoms with E-state index in [2.05, 4.69) is 0 Å². The molecule has 1 fully saturated rings. The molecular formula is C29H29NO5. The highest BCUT2D eigenvalue weighted by molar-refractivity contribution is 6.46. The summed E-state index contributed by atoms with van der Waals surface area (Å²) in [7, 11) is 0. The van der Waals surface area contributed by atoms with E-state index in [9.17, 15) is 14.7 Å². The second-order valence-electron chi connectivity index (χ2n) is 8.19. The van der Waals surface area contributed by atoms with E-state index in [0.717, 1.165) is 11.1 Å². The van der Waals surface area contributed by atoms with E-state index in [0.29, 0.717) is 43.2 Å². The summed E-state index contributed by atoms with van der Waals surface area (Å²) in [6.45, 7) is 5.19. The van der Waals surface area contributed by atoms with Gasteiger partial charge >= 0.3 is 0 Å². The predicted molar refractivity (Wildman–Crippen MR) is 134 cm³/mol. The molecule has 6 heteroatoms. The number of hydrogen-bond donors (Lipinski definition) is 1. The van der Waals surface area contributed by atoms with Crippen LogP contribution in [0.3, 0.4) is 0 Å². The van der Waals surface area contributed by atoms with Crippen LogP contribution in [0.5, 0.6) is 11.5 Å². The lowest BCUT2D eigenvalue weighted by Crippen LogP contribution is -2.31. The number of hydrogen-bond acceptors (Lipinski definition) is 5. The van der Waals surface area contributed by atoms with Crippen molar-refractivity contribution >= 4 is 17.4 Å². The minimum atomic E-state index is -0.707. The van der Waals surface area contributed by atoms with Crippen molar-refractivity contribution in [1.82, 2.24) is 4.90 Å². The number of aliphatic hydroxyl groups is 1. The number of nitrogens with zero attached hydrogens (tertiary/aromatic N) is 1. The summed E-state index contributed by atoms with van der Waals surface area (Å²) in [6, 6.07) is 23.2. The first kappa shape index (κ1) is 24.1. The standard InChI is InChI=1S/C29H29NO5/c1-3-34-23-14-10-21(11-15-23)26-25(27(31)22-12-16-24(17-13-22)35-4-2)28(32)29(33)30(26)19-18-20-8-6-5-7-9-20/h5-17,26,31H,3-4,18-19H2,1-2H3. The Kier molecular flexibility index (Phi) is 7.51. The van der Waals surface area contributed by atoms with E-state index in [1.165, 1.54) is 0 Å². The number of ether oxygens (including phenoxy) is 2.